The molecule has 0 saturated carbocycles. The van der Waals surface area contributed by atoms with E-state index in [0.717, 1.165) is 51.4 Å². The molecule has 0 spiro atoms. The van der Waals surface area contributed by atoms with Gasteiger partial charge in [-0.1, -0.05) is 31.9 Å². The molecular formula is C19H34O3. The molecule has 0 rings (SSSR count). The zero-order chi connectivity index (χ0) is 16.6. The van der Waals surface area contributed by atoms with Crippen molar-refractivity contribution < 1.29 is 14.3 Å². The lowest BCUT2D eigenvalue weighted by Crippen LogP contribution is -2.14. The Morgan fingerprint density at radius 1 is 0.909 bits per heavy atom. The third-order valence-corrected chi connectivity index (χ3v) is 3.75. The van der Waals surface area contributed by atoms with Crippen LogP contribution in [0.2, 0.25) is 0 Å². The number of unbranched alkanes of at least 4 members (excludes halogenated alkanes) is 6. The van der Waals surface area contributed by atoms with Gasteiger partial charge in [-0.05, 0) is 58.3 Å². The van der Waals surface area contributed by atoms with Crippen molar-refractivity contribution in [2.45, 2.75) is 97.5 Å². The highest BCUT2D eigenvalue weighted by Gasteiger charge is 2.08. The van der Waals surface area contributed by atoms with Crippen molar-refractivity contribution in [3.63, 3.8) is 0 Å². The summed E-state index contributed by atoms with van der Waals surface area (Å²) in [7, 11) is 0. The van der Waals surface area contributed by atoms with Crippen molar-refractivity contribution in [3.8, 4) is 0 Å². The second kappa shape index (κ2) is 14.8. The Hall–Kier alpha value is -1.12. The number of rotatable bonds is 14. The fourth-order valence-corrected chi connectivity index (χ4v) is 2.44. The molecule has 0 aliphatic heterocycles. The van der Waals surface area contributed by atoms with E-state index in [9.17, 15) is 9.59 Å². The summed E-state index contributed by atoms with van der Waals surface area (Å²) in [4.78, 5) is 21.7. The lowest BCUT2D eigenvalue weighted by molar-refractivity contribution is -0.146. The zero-order valence-electron chi connectivity index (χ0n) is 14.7. The van der Waals surface area contributed by atoms with Crippen LogP contribution in [-0.4, -0.2) is 17.9 Å². The summed E-state index contributed by atoms with van der Waals surface area (Å²) in [5.74, 6) is 0.132. The summed E-state index contributed by atoms with van der Waals surface area (Å²) in [6, 6.07) is 0. The molecule has 0 saturated heterocycles. The van der Waals surface area contributed by atoms with Gasteiger partial charge in [0, 0.05) is 13.3 Å². The van der Waals surface area contributed by atoms with E-state index in [1.165, 1.54) is 26.2 Å². The van der Waals surface area contributed by atoms with Crippen LogP contribution in [0.15, 0.2) is 12.2 Å². The number of carbonyl (C=O) groups excluding carboxylic acids is 2. The Labute approximate surface area is 136 Å². The first-order valence-electron chi connectivity index (χ1n) is 8.88. The zero-order valence-corrected chi connectivity index (χ0v) is 14.7. The molecule has 0 heterocycles. The Morgan fingerprint density at radius 2 is 1.50 bits per heavy atom. The predicted molar refractivity (Wildman–Crippen MR) is 91.8 cm³/mol. The quantitative estimate of drug-likeness (QED) is 0.246. The molecule has 1 unspecified atom stereocenters. The van der Waals surface area contributed by atoms with E-state index < -0.39 is 0 Å². The number of ketones is 1. The van der Waals surface area contributed by atoms with Gasteiger partial charge in [0.2, 0.25) is 0 Å². The van der Waals surface area contributed by atoms with Crippen LogP contribution in [0.1, 0.15) is 91.4 Å². The fourth-order valence-electron chi connectivity index (χ4n) is 2.44. The van der Waals surface area contributed by atoms with E-state index >= 15 is 0 Å². The normalized spacial score (nSPS) is 12.5. The predicted octanol–water partition coefficient (Wildman–Crippen LogP) is 5.37. The number of hydrogen-bond acceptors (Lipinski definition) is 3. The van der Waals surface area contributed by atoms with Gasteiger partial charge in [0.15, 0.2) is 0 Å². The monoisotopic (exact) mass is 310 g/mol. The van der Waals surface area contributed by atoms with Gasteiger partial charge in [-0.2, -0.15) is 0 Å². The van der Waals surface area contributed by atoms with Crippen LogP contribution in [0.25, 0.3) is 0 Å². The molecule has 22 heavy (non-hydrogen) atoms. The van der Waals surface area contributed by atoms with Crippen LogP contribution in [-0.2, 0) is 14.3 Å². The highest BCUT2D eigenvalue weighted by atomic mass is 16.5. The summed E-state index contributed by atoms with van der Waals surface area (Å²) in [5, 5.41) is 0. The minimum Gasteiger partial charge on any atom is -0.463 e. The molecule has 1 atom stereocenters. The van der Waals surface area contributed by atoms with Crippen LogP contribution in [0.5, 0.6) is 0 Å². The minimum atomic E-state index is -0.168. The molecule has 128 valence electrons. The highest BCUT2D eigenvalue weighted by molar-refractivity contribution is 5.75. The van der Waals surface area contributed by atoms with Gasteiger partial charge in [-0.25, -0.2) is 0 Å². The van der Waals surface area contributed by atoms with Crippen molar-refractivity contribution in [3.05, 3.63) is 12.2 Å². The van der Waals surface area contributed by atoms with E-state index in [1.807, 2.05) is 0 Å². The first-order valence-corrected chi connectivity index (χ1v) is 8.88. The highest BCUT2D eigenvalue weighted by Crippen LogP contribution is 2.12. The molecule has 0 bridgehead atoms. The Bertz CT molecular complexity index is 321. The van der Waals surface area contributed by atoms with Crippen molar-refractivity contribution >= 4 is 11.8 Å². The molecule has 0 N–H and O–H groups in total. The third-order valence-electron chi connectivity index (χ3n) is 3.75. The van der Waals surface area contributed by atoms with Gasteiger partial charge in [-0.3, -0.25) is 4.79 Å². The molecule has 3 nitrogen and oxygen atoms in total. The first kappa shape index (κ1) is 20.9. The lowest BCUT2D eigenvalue weighted by Gasteiger charge is -2.14. The average Bonchev–Trinajstić information content (AvgIpc) is 2.46. The standard InChI is InChI=1S/C19H34O3/c1-4-19(22-18(3)21)16-14-12-10-8-6-5-7-9-11-13-15-17(2)20/h5-6,19H,4,7-16H2,1-3H3/b6-5+. The van der Waals surface area contributed by atoms with E-state index in [2.05, 4.69) is 19.1 Å². The summed E-state index contributed by atoms with van der Waals surface area (Å²) < 4.78 is 5.23. The molecule has 0 fully saturated rings. The second-order valence-corrected chi connectivity index (χ2v) is 6.05. The van der Waals surface area contributed by atoms with Gasteiger partial charge in [0.25, 0.3) is 0 Å². The smallest absolute Gasteiger partial charge is 0.302 e. The number of carbonyl (C=O) groups is 2. The SMILES string of the molecule is CCC(CCCCC/C=C/CCCCCC(C)=O)OC(C)=O. The molecule has 0 aliphatic rings. The van der Waals surface area contributed by atoms with Crippen LogP contribution in [0, 0.1) is 0 Å². The van der Waals surface area contributed by atoms with E-state index in [-0.39, 0.29) is 12.1 Å². The van der Waals surface area contributed by atoms with E-state index in [1.54, 1.807) is 6.92 Å². The van der Waals surface area contributed by atoms with Crippen molar-refractivity contribution in [1.29, 1.82) is 0 Å². The van der Waals surface area contributed by atoms with Gasteiger partial charge in [0.1, 0.15) is 11.9 Å². The number of esters is 1. The van der Waals surface area contributed by atoms with E-state index in [0.29, 0.717) is 5.78 Å². The summed E-state index contributed by atoms with van der Waals surface area (Å²) in [6.45, 7) is 5.20. The molecule has 0 aromatic heterocycles. The van der Waals surface area contributed by atoms with Crippen LogP contribution >= 0.6 is 0 Å². The number of allylic oxidation sites excluding steroid dienone is 2. The Kier molecular flexibility index (Phi) is 14.0. The van der Waals surface area contributed by atoms with Crippen molar-refractivity contribution in [1.82, 2.24) is 0 Å². The largest absolute Gasteiger partial charge is 0.463 e. The lowest BCUT2D eigenvalue weighted by atomic mass is 10.1. The van der Waals surface area contributed by atoms with Crippen molar-refractivity contribution in [2.24, 2.45) is 0 Å². The maximum absolute atomic E-state index is 10.9. The topological polar surface area (TPSA) is 43.4 Å². The average molecular weight is 310 g/mol. The molecule has 0 radical (unpaired) electrons. The summed E-state index contributed by atoms with van der Waals surface area (Å²) >= 11 is 0. The molecule has 0 aromatic carbocycles. The maximum atomic E-state index is 10.9. The van der Waals surface area contributed by atoms with E-state index in [4.69, 9.17) is 4.74 Å². The second-order valence-electron chi connectivity index (χ2n) is 6.05. The first-order chi connectivity index (χ1) is 10.6. The van der Waals surface area contributed by atoms with Gasteiger partial charge in [0.05, 0.1) is 0 Å². The molecular weight excluding hydrogens is 276 g/mol. The van der Waals surface area contributed by atoms with Crippen LogP contribution in [0.3, 0.4) is 0 Å². The molecule has 0 amide bonds. The van der Waals surface area contributed by atoms with Gasteiger partial charge >= 0.3 is 5.97 Å². The van der Waals surface area contributed by atoms with Gasteiger partial charge in [-0.15, -0.1) is 0 Å². The summed E-state index contributed by atoms with van der Waals surface area (Å²) in [6.07, 6.45) is 16.4. The summed E-state index contributed by atoms with van der Waals surface area (Å²) in [5.41, 5.74) is 0. The maximum Gasteiger partial charge on any atom is 0.302 e. The number of hydrogen-bond donors (Lipinski definition) is 0. The molecule has 0 aliphatic carbocycles. The third kappa shape index (κ3) is 15.3. The molecule has 3 heteroatoms. The Balaban J connectivity index is 3.36. The Morgan fingerprint density at radius 3 is 2.00 bits per heavy atom. The molecule has 0 aromatic rings. The minimum absolute atomic E-state index is 0.100. The van der Waals surface area contributed by atoms with Crippen LogP contribution < -0.4 is 0 Å². The van der Waals surface area contributed by atoms with Crippen LogP contribution in [0.4, 0.5) is 0 Å². The number of ether oxygens (including phenoxy) is 1. The fraction of sp³-hybridized carbons (Fsp3) is 0.789. The van der Waals surface area contributed by atoms with Gasteiger partial charge < -0.3 is 9.53 Å². The van der Waals surface area contributed by atoms with Crippen molar-refractivity contribution in [2.75, 3.05) is 0 Å². The number of Topliss-reactive ketones (excluding diaryl/α,β-unsaturated/α-hetero) is 1.